The molecule has 136 valence electrons. The number of benzene rings is 2. The second kappa shape index (κ2) is 7.42. The normalized spacial score (nSPS) is 18.0. The van der Waals surface area contributed by atoms with Crippen LogP contribution in [0.1, 0.15) is 64.4 Å². The zero-order chi connectivity index (χ0) is 18.7. The molecule has 3 rings (SSSR count). The van der Waals surface area contributed by atoms with Crippen molar-refractivity contribution in [2.75, 3.05) is 13.7 Å². The van der Waals surface area contributed by atoms with Crippen LogP contribution >= 0.6 is 0 Å². The number of hydrogen-bond donors (Lipinski definition) is 0. The Morgan fingerprint density at radius 3 is 2.42 bits per heavy atom. The minimum absolute atomic E-state index is 0.0574. The van der Waals surface area contributed by atoms with Gasteiger partial charge >= 0.3 is 11.9 Å². The van der Waals surface area contributed by atoms with E-state index in [4.69, 9.17) is 9.47 Å². The molecule has 1 aliphatic rings. The lowest BCUT2D eigenvalue weighted by Crippen LogP contribution is -2.28. The van der Waals surface area contributed by atoms with Gasteiger partial charge < -0.3 is 9.47 Å². The second-order valence-corrected chi connectivity index (χ2v) is 7.42. The largest absolute Gasteiger partial charge is 0.386 e. The van der Waals surface area contributed by atoms with Gasteiger partial charge in [-0.25, -0.2) is 9.59 Å². The highest BCUT2D eigenvalue weighted by Crippen LogP contribution is 2.43. The summed E-state index contributed by atoms with van der Waals surface area (Å²) < 4.78 is 10.4. The van der Waals surface area contributed by atoms with Gasteiger partial charge in [-0.05, 0) is 53.6 Å². The molecule has 4 nitrogen and oxygen atoms in total. The first-order valence-corrected chi connectivity index (χ1v) is 8.87. The average molecular weight is 352 g/mol. The van der Waals surface area contributed by atoms with Crippen molar-refractivity contribution in [2.24, 2.45) is 0 Å². The lowest BCUT2D eigenvalue weighted by molar-refractivity contribution is 0.0397. The van der Waals surface area contributed by atoms with Crippen LogP contribution in [0.2, 0.25) is 0 Å². The molecule has 0 spiro atoms. The average Bonchev–Trinajstić information content (AvgIpc) is 2.64. The van der Waals surface area contributed by atoms with E-state index in [9.17, 15) is 9.59 Å². The zero-order valence-electron chi connectivity index (χ0n) is 15.5. The summed E-state index contributed by atoms with van der Waals surface area (Å²) >= 11 is 0. The molecule has 0 aromatic heterocycles. The third kappa shape index (κ3) is 3.70. The van der Waals surface area contributed by atoms with Gasteiger partial charge in [-0.2, -0.15) is 0 Å². The van der Waals surface area contributed by atoms with Crippen LogP contribution in [0.3, 0.4) is 0 Å². The Labute approximate surface area is 154 Å². The fourth-order valence-electron chi connectivity index (χ4n) is 3.62. The number of methoxy groups -OCH3 is 1. The summed E-state index contributed by atoms with van der Waals surface area (Å²) in [4.78, 5) is 24.6. The number of fused-ring (bicyclic) bond motifs is 1. The molecule has 1 atom stereocenters. The Morgan fingerprint density at radius 1 is 1.04 bits per heavy atom. The quantitative estimate of drug-likeness (QED) is 0.601. The number of hydrogen-bond acceptors (Lipinski definition) is 4. The highest BCUT2D eigenvalue weighted by Gasteiger charge is 2.33. The van der Waals surface area contributed by atoms with Crippen LogP contribution in [-0.4, -0.2) is 25.7 Å². The minimum atomic E-state index is -0.637. The fraction of sp³-hybridized carbons (Fsp3) is 0.364. The summed E-state index contributed by atoms with van der Waals surface area (Å²) in [5, 5.41) is 0. The Balaban J connectivity index is 1.86. The topological polar surface area (TPSA) is 52.6 Å². The maximum Gasteiger partial charge on any atom is 0.346 e. The van der Waals surface area contributed by atoms with Crippen molar-refractivity contribution >= 4 is 11.9 Å². The fourth-order valence-corrected chi connectivity index (χ4v) is 3.62. The molecule has 0 radical (unpaired) electrons. The van der Waals surface area contributed by atoms with E-state index in [-0.39, 0.29) is 11.3 Å². The van der Waals surface area contributed by atoms with E-state index >= 15 is 0 Å². The predicted octanol–water partition coefficient (Wildman–Crippen LogP) is 4.49. The monoisotopic (exact) mass is 352 g/mol. The first-order chi connectivity index (χ1) is 12.4. The molecule has 26 heavy (non-hydrogen) atoms. The molecule has 0 amide bonds. The summed E-state index contributed by atoms with van der Waals surface area (Å²) in [6.07, 6.45) is 2.08. The van der Waals surface area contributed by atoms with Gasteiger partial charge in [-0.3, -0.25) is 0 Å². The van der Waals surface area contributed by atoms with Gasteiger partial charge in [0.15, 0.2) is 0 Å². The van der Waals surface area contributed by atoms with Gasteiger partial charge in [-0.15, -0.1) is 0 Å². The minimum Gasteiger partial charge on any atom is -0.386 e. The lowest BCUT2D eigenvalue weighted by Gasteiger charge is -2.37. The van der Waals surface area contributed by atoms with Gasteiger partial charge in [0.2, 0.25) is 0 Å². The summed E-state index contributed by atoms with van der Waals surface area (Å²) in [6.45, 7) is 5.04. The van der Waals surface area contributed by atoms with Crippen molar-refractivity contribution in [1.82, 2.24) is 0 Å². The smallest absolute Gasteiger partial charge is 0.346 e. The van der Waals surface area contributed by atoms with Crippen molar-refractivity contribution in [1.29, 1.82) is 0 Å². The van der Waals surface area contributed by atoms with Crippen molar-refractivity contribution in [3.63, 3.8) is 0 Å². The molecule has 0 aliphatic heterocycles. The molecule has 0 saturated carbocycles. The highest BCUT2D eigenvalue weighted by molar-refractivity contribution is 6.02. The number of carbonyl (C=O) groups is 2. The van der Waals surface area contributed by atoms with E-state index in [1.165, 1.54) is 5.56 Å². The maximum absolute atomic E-state index is 12.5. The van der Waals surface area contributed by atoms with Gasteiger partial charge in [0.05, 0.1) is 17.7 Å². The zero-order valence-corrected chi connectivity index (χ0v) is 15.5. The molecule has 0 N–H and O–H groups in total. The third-order valence-corrected chi connectivity index (χ3v) is 5.14. The van der Waals surface area contributed by atoms with Gasteiger partial charge in [0.1, 0.15) is 0 Å². The van der Waals surface area contributed by atoms with Crippen molar-refractivity contribution in [3.8, 4) is 0 Å². The summed E-state index contributed by atoms with van der Waals surface area (Å²) in [5.41, 5.74) is 3.16. The molecule has 2 aromatic rings. The third-order valence-electron chi connectivity index (χ3n) is 5.14. The second-order valence-electron chi connectivity index (χ2n) is 7.42. The van der Waals surface area contributed by atoms with E-state index < -0.39 is 11.9 Å². The molecule has 1 unspecified atom stereocenters. The molecular weight excluding hydrogens is 328 g/mol. The van der Waals surface area contributed by atoms with Crippen molar-refractivity contribution < 1.29 is 19.1 Å². The van der Waals surface area contributed by atoms with Gasteiger partial charge in [-0.1, -0.05) is 38.1 Å². The van der Waals surface area contributed by atoms with Crippen LogP contribution in [0.4, 0.5) is 0 Å². The van der Waals surface area contributed by atoms with Crippen LogP contribution in [0.25, 0.3) is 0 Å². The standard InChI is InChI=1S/C22H24O4/c1-22(2)12-11-17(14-25-3)18-13-16(9-10-19(18)22)21(24)26-20(23)15-7-5-4-6-8-15/h4-10,13,17H,11-12,14H2,1-3H3. The van der Waals surface area contributed by atoms with Crippen LogP contribution in [0.15, 0.2) is 48.5 Å². The molecule has 0 fully saturated rings. The van der Waals surface area contributed by atoms with Crippen LogP contribution < -0.4 is 0 Å². The maximum atomic E-state index is 12.5. The van der Waals surface area contributed by atoms with Crippen LogP contribution in [0, 0.1) is 0 Å². The number of esters is 2. The Morgan fingerprint density at radius 2 is 1.73 bits per heavy atom. The molecule has 1 aliphatic carbocycles. The van der Waals surface area contributed by atoms with E-state index in [2.05, 4.69) is 13.8 Å². The van der Waals surface area contributed by atoms with E-state index in [1.54, 1.807) is 43.5 Å². The Bertz CT molecular complexity index is 808. The molecule has 0 heterocycles. The Kier molecular flexibility index (Phi) is 5.23. The van der Waals surface area contributed by atoms with E-state index in [0.717, 1.165) is 18.4 Å². The van der Waals surface area contributed by atoms with Crippen LogP contribution in [-0.2, 0) is 14.9 Å². The number of carbonyl (C=O) groups excluding carboxylic acids is 2. The molecular formula is C22H24O4. The molecule has 2 aromatic carbocycles. The predicted molar refractivity (Wildman–Crippen MR) is 99.5 cm³/mol. The van der Waals surface area contributed by atoms with Gasteiger partial charge in [0, 0.05) is 13.0 Å². The van der Waals surface area contributed by atoms with Crippen LogP contribution in [0.5, 0.6) is 0 Å². The van der Waals surface area contributed by atoms with Gasteiger partial charge in [0.25, 0.3) is 0 Å². The van der Waals surface area contributed by atoms with E-state index in [0.29, 0.717) is 17.7 Å². The summed E-state index contributed by atoms with van der Waals surface area (Å²) in [6, 6.07) is 14.1. The highest BCUT2D eigenvalue weighted by atomic mass is 16.6. The summed E-state index contributed by atoms with van der Waals surface area (Å²) in [5.74, 6) is -1.01. The number of rotatable bonds is 4. The summed E-state index contributed by atoms with van der Waals surface area (Å²) in [7, 11) is 1.69. The van der Waals surface area contributed by atoms with E-state index in [1.807, 2.05) is 12.1 Å². The number of ether oxygens (including phenoxy) is 2. The SMILES string of the molecule is COCC1CCC(C)(C)c2ccc(C(=O)OC(=O)c3ccccc3)cc21. The van der Waals surface area contributed by atoms with Crippen molar-refractivity contribution in [2.45, 2.75) is 38.0 Å². The molecule has 0 saturated heterocycles. The lowest BCUT2D eigenvalue weighted by atomic mass is 9.68. The molecule has 4 heteroatoms. The van der Waals surface area contributed by atoms with Crippen molar-refractivity contribution in [3.05, 3.63) is 70.8 Å². The molecule has 0 bridgehead atoms. The Hall–Kier alpha value is -2.46. The first-order valence-electron chi connectivity index (χ1n) is 8.87. The first kappa shape index (κ1) is 18.3.